The maximum absolute atomic E-state index is 12.3. The number of carbonyl (C=O) groups excluding carboxylic acids is 1. The van der Waals surface area contributed by atoms with E-state index in [1.54, 1.807) is 0 Å². The fourth-order valence-electron chi connectivity index (χ4n) is 5.57. The van der Waals surface area contributed by atoms with E-state index in [1.807, 2.05) is 6.92 Å². The Balaban J connectivity index is 1.96. The lowest BCUT2D eigenvalue weighted by atomic mass is 9.53. The molecule has 32 heavy (non-hydrogen) atoms. The van der Waals surface area contributed by atoms with E-state index >= 15 is 0 Å². The number of methoxy groups -OCH3 is 1. The van der Waals surface area contributed by atoms with Crippen LogP contribution >= 0.6 is 0 Å². The number of esters is 1. The second kappa shape index (κ2) is 9.22. The minimum absolute atomic E-state index is 0.0475. The highest BCUT2D eigenvalue weighted by molar-refractivity contribution is 5.92. The molecular weight excluding hydrogens is 416 g/mol. The lowest BCUT2D eigenvalue weighted by molar-refractivity contribution is -0.393. The lowest BCUT2D eigenvalue weighted by Gasteiger charge is -2.51. The zero-order valence-corrected chi connectivity index (χ0v) is 18.9. The van der Waals surface area contributed by atoms with E-state index < -0.39 is 21.5 Å². The normalized spacial score (nSPS) is 29.6. The highest BCUT2D eigenvalue weighted by Gasteiger charge is 2.49. The molecule has 0 radical (unpaired) electrons. The first-order valence-electron chi connectivity index (χ1n) is 10.9. The summed E-state index contributed by atoms with van der Waals surface area (Å²) >= 11 is 0. The Kier molecular flexibility index (Phi) is 6.80. The average molecular weight is 447 g/mol. The van der Waals surface area contributed by atoms with Crippen LogP contribution in [0.3, 0.4) is 0 Å². The number of nitro benzene ring substituents is 2. The molecular formula is C22H30N4O6. The highest BCUT2D eigenvalue weighted by atomic mass is 16.6. The molecule has 1 aromatic carbocycles. The number of nitrogens with zero attached hydrogens (tertiary/aromatic N) is 3. The molecule has 0 spiro atoms. The summed E-state index contributed by atoms with van der Waals surface area (Å²) in [5, 5.41) is 27.0. The molecule has 5 atom stereocenters. The summed E-state index contributed by atoms with van der Waals surface area (Å²) in [6.45, 7) is 6.36. The molecule has 2 aliphatic carbocycles. The van der Waals surface area contributed by atoms with Gasteiger partial charge in [0.25, 0.3) is 5.69 Å². The van der Waals surface area contributed by atoms with Crippen molar-refractivity contribution in [3.63, 3.8) is 0 Å². The summed E-state index contributed by atoms with van der Waals surface area (Å²) < 4.78 is 4.98. The van der Waals surface area contributed by atoms with Crippen LogP contribution in [0.4, 0.5) is 17.1 Å². The van der Waals surface area contributed by atoms with Crippen LogP contribution in [-0.2, 0) is 9.53 Å². The van der Waals surface area contributed by atoms with Gasteiger partial charge in [0.2, 0.25) is 0 Å². The Morgan fingerprint density at radius 1 is 1.31 bits per heavy atom. The largest absolute Gasteiger partial charge is 0.469 e. The van der Waals surface area contributed by atoms with Crippen LogP contribution in [0.15, 0.2) is 23.3 Å². The Hall–Kier alpha value is -3.04. The fraction of sp³-hybridized carbons (Fsp3) is 0.636. The highest BCUT2D eigenvalue weighted by Crippen LogP contribution is 2.54. The summed E-state index contributed by atoms with van der Waals surface area (Å²) in [4.78, 5) is 33.4. The number of hydrazone groups is 1. The van der Waals surface area contributed by atoms with Gasteiger partial charge in [-0.3, -0.25) is 30.4 Å². The van der Waals surface area contributed by atoms with Gasteiger partial charge < -0.3 is 4.74 Å². The Bertz CT molecular complexity index is 948. The molecule has 0 unspecified atom stereocenters. The predicted molar refractivity (Wildman–Crippen MR) is 119 cm³/mol. The third-order valence-corrected chi connectivity index (χ3v) is 7.40. The van der Waals surface area contributed by atoms with Gasteiger partial charge in [-0.15, -0.1) is 0 Å². The van der Waals surface area contributed by atoms with Gasteiger partial charge in [0, 0.05) is 17.7 Å². The quantitative estimate of drug-likeness (QED) is 0.371. The van der Waals surface area contributed by atoms with Gasteiger partial charge in [0.05, 0.1) is 28.9 Å². The minimum atomic E-state index is -0.677. The molecule has 2 saturated carbocycles. The van der Waals surface area contributed by atoms with Gasteiger partial charge >= 0.3 is 11.7 Å². The van der Waals surface area contributed by atoms with E-state index in [9.17, 15) is 25.0 Å². The van der Waals surface area contributed by atoms with Crippen molar-refractivity contribution in [1.82, 2.24) is 0 Å². The Morgan fingerprint density at radius 2 is 2.03 bits per heavy atom. The topological polar surface area (TPSA) is 137 Å². The zero-order chi connectivity index (χ0) is 23.6. The lowest BCUT2D eigenvalue weighted by Crippen LogP contribution is -2.47. The molecule has 0 amide bonds. The predicted octanol–water partition coefficient (Wildman–Crippen LogP) is 4.93. The maximum atomic E-state index is 12.3. The summed E-state index contributed by atoms with van der Waals surface area (Å²) in [7, 11) is 1.37. The number of fused-ring (bicyclic) bond motifs is 1. The molecule has 10 heteroatoms. The van der Waals surface area contributed by atoms with E-state index in [0.29, 0.717) is 18.3 Å². The van der Waals surface area contributed by atoms with Crippen molar-refractivity contribution in [3.8, 4) is 0 Å². The van der Waals surface area contributed by atoms with Crippen LogP contribution in [0.25, 0.3) is 0 Å². The van der Waals surface area contributed by atoms with E-state index in [-0.39, 0.29) is 28.7 Å². The molecule has 0 heterocycles. The summed E-state index contributed by atoms with van der Waals surface area (Å²) in [6.07, 6.45) is 4.86. The molecule has 3 rings (SSSR count). The van der Waals surface area contributed by atoms with Crippen LogP contribution in [0.2, 0.25) is 0 Å². The molecule has 174 valence electrons. The maximum Gasteiger partial charge on any atom is 0.309 e. The second-order valence-corrected chi connectivity index (χ2v) is 9.39. The number of ether oxygens (including phenoxy) is 1. The summed E-state index contributed by atoms with van der Waals surface area (Å²) in [6, 6.07) is 3.40. The number of nitro groups is 2. The Labute approximate surface area is 186 Å². The van der Waals surface area contributed by atoms with Crippen molar-refractivity contribution in [2.75, 3.05) is 12.5 Å². The van der Waals surface area contributed by atoms with Crippen molar-refractivity contribution < 1.29 is 19.4 Å². The minimum Gasteiger partial charge on any atom is -0.469 e. The molecule has 0 aromatic heterocycles. The standard InChI is InChI=1S/C22H30N4O6/c1-13-6-5-9-22(3)12-19(16(11-17(13)22)14(2)21(27)32-4)24-23-18-8-7-15(25(28)29)10-20(18)26(30)31/h7-8,10,13-14,16-17,23H,5-6,9,11-12H2,1-4H3/b24-19+/t13-,14+,16+,17-,22+/m0/s1. The molecule has 2 aliphatic rings. The van der Waals surface area contributed by atoms with Gasteiger partial charge in [-0.2, -0.15) is 5.10 Å². The first-order chi connectivity index (χ1) is 15.1. The van der Waals surface area contributed by atoms with Crippen molar-refractivity contribution in [2.45, 2.75) is 52.9 Å². The average Bonchev–Trinajstić information content (AvgIpc) is 2.75. The molecule has 1 aromatic rings. The number of anilines is 1. The van der Waals surface area contributed by atoms with Crippen LogP contribution in [0.1, 0.15) is 52.9 Å². The SMILES string of the molecule is COC(=O)[C@H](C)[C@H]1C[C@H]2[C@@H](C)CCC[C@]2(C)C/C1=N\Nc1ccc([N+](=O)[O-])cc1[N+](=O)[O-]. The van der Waals surface area contributed by atoms with Gasteiger partial charge in [0.15, 0.2) is 0 Å². The molecule has 1 N–H and O–H groups in total. The first-order valence-corrected chi connectivity index (χ1v) is 10.9. The van der Waals surface area contributed by atoms with E-state index in [1.165, 1.54) is 25.7 Å². The van der Waals surface area contributed by atoms with Crippen molar-refractivity contribution in [2.24, 2.45) is 34.2 Å². The molecule has 2 fully saturated rings. The fourth-order valence-corrected chi connectivity index (χ4v) is 5.57. The smallest absolute Gasteiger partial charge is 0.309 e. The summed E-state index contributed by atoms with van der Waals surface area (Å²) in [5.41, 5.74) is 2.88. The molecule has 0 aliphatic heterocycles. The number of hydrogen-bond acceptors (Lipinski definition) is 8. The molecule has 10 nitrogen and oxygen atoms in total. The van der Waals surface area contributed by atoms with Crippen molar-refractivity contribution >= 4 is 28.7 Å². The van der Waals surface area contributed by atoms with Crippen molar-refractivity contribution in [3.05, 3.63) is 38.4 Å². The zero-order valence-electron chi connectivity index (χ0n) is 18.9. The van der Waals surface area contributed by atoms with Crippen LogP contribution in [0.5, 0.6) is 0 Å². The van der Waals surface area contributed by atoms with Gasteiger partial charge in [-0.05, 0) is 42.6 Å². The van der Waals surface area contributed by atoms with Gasteiger partial charge in [-0.1, -0.05) is 33.6 Å². The van der Waals surface area contributed by atoms with Gasteiger partial charge in [0.1, 0.15) is 5.69 Å². The number of nitrogens with one attached hydrogen (secondary N) is 1. The van der Waals surface area contributed by atoms with Crippen LogP contribution < -0.4 is 5.43 Å². The summed E-state index contributed by atoms with van der Waals surface area (Å²) in [5.74, 6) is 0.153. The molecule has 0 saturated heterocycles. The van der Waals surface area contributed by atoms with E-state index in [4.69, 9.17) is 4.74 Å². The number of non-ortho nitro benzene ring substituents is 1. The number of hydrogen-bond donors (Lipinski definition) is 1. The van der Waals surface area contributed by atoms with Crippen LogP contribution in [0, 0.1) is 49.3 Å². The third kappa shape index (κ3) is 4.58. The Morgan fingerprint density at radius 3 is 2.66 bits per heavy atom. The number of rotatable bonds is 6. The van der Waals surface area contributed by atoms with E-state index in [2.05, 4.69) is 24.4 Å². The van der Waals surface area contributed by atoms with Crippen molar-refractivity contribution in [1.29, 1.82) is 0 Å². The van der Waals surface area contributed by atoms with Gasteiger partial charge in [-0.25, -0.2) is 0 Å². The molecule has 0 bridgehead atoms. The van der Waals surface area contributed by atoms with Crippen LogP contribution in [-0.4, -0.2) is 28.6 Å². The third-order valence-electron chi connectivity index (χ3n) is 7.40. The second-order valence-electron chi connectivity index (χ2n) is 9.39. The number of carbonyl (C=O) groups is 1. The monoisotopic (exact) mass is 446 g/mol. The first kappa shape index (κ1) is 23.6. The number of benzene rings is 1. The van der Waals surface area contributed by atoms with E-state index in [0.717, 1.165) is 31.0 Å².